The molecule has 1 aromatic carbocycles. The van der Waals surface area contributed by atoms with Gasteiger partial charge in [0.1, 0.15) is 6.61 Å². The van der Waals surface area contributed by atoms with E-state index in [9.17, 15) is 4.79 Å². The topological polar surface area (TPSA) is 49.3 Å². The van der Waals surface area contributed by atoms with Gasteiger partial charge in [0.2, 0.25) is 5.91 Å². The van der Waals surface area contributed by atoms with Crippen molar-refractivity contribution in [2.24, 2.45) is 0 Å². The number of carbonyl (C=O) groups excluding carboxylic acids is 1. The van der Waals surface area contributed by atoms with Gasteiger partial charge in [0.25, 0.3) is 0 Å². The third-order valence-corrected chi connectivity index (χ3v) is 4.33. The molecule has 2 N–H and O–H groups in total. The van der Waals surface area contributed by atoms with Crippen molar-refractivity contribution in [2.75, 3.05) is 17.7 Å². The predicted molar refractivity (Wildman–Crippen MR) is 79.3 cm³/mol. The van der Waals surface area contributed by atoms with Crippen molar-refractivity contribution < 1.29 is 9.90 Å². The van der Waals surface area contributed by atoms with Gasteiger partial charge in [-0.3, -0.25) is 4.79 Å². The van der Waals surface area contributed by atoms with Crippen molar-refractivity contribution in [3.8, 4) is 11.8 Å². The van der Waals surface area contributed by atoms with Crippen LogP contribution in [0, 0.1) is 18.8 Å². The molecule has 1 aliphatic rings. The maximum absolute atomic E-state index is 12.1. The number of thioether (sulfide) groups is 1. The van der Waals surface area contributed by atoms with Crippen LogP contribution in [-0.4, -0.2) is 28.6 Å². The highest BCUT2D eigenvalue weighted by atomic mass is 32.2. The molecule has 1 amide bonds. The Bertz CT molecular complexity index is 525. The van der Waals surface area contributed by atoms with Crippen molar-refractivity contribution in [3.63, 3.8) is 0 Å². The quantitative estimate of drug-likeness (QED) is 0.813. The van der Waals surface area contributed by atoms with Gasteiger partial charge in [-0.05, 0) is 43.2 Å². The first-order valence-corrected chi connectivity index (χ1v) is 7.38. The number of carbonyl (C=O) groups is 1. The van der Waals surface area contributed by atoms with Crippen LogP contribution in [0.25, 0.3) is 0 Å². The fourth-order valence-corrected chi connectivity index (χ4v) is 3.16. The van der Waals surface area contributed by atoms with Crippen LogP contribution in [0.2, 0.25) is 0 Å². The summed E-state index contributed by atoms with van der Waals surface area (Å²) in [7, 11) is 0. The van der Waals surface area contributed by atoms with Gasteiger partial charge in [-0.15, -0.1) is 11.8 Å². The summed E-state index contributed by atoms with van der Waals surface area (Å²) in [4.78, 5) is 12.1. The highest BCUT2D eigenvalue weighted by molar-refractivity contribution is 8.00. The molecule has 1 saturated heterocycles. The molecular formula is C15H17NO2S. The van der Waals surface area contributed by atoms with Crippen LogP contribution in [0.1, 0.15) is 24.0 Å². The monoisotopic (exact) mass is 275 g/mol. The molecule has 19 heavy (non-hydrogen) atoms. The molecule has 1 aromatic rings. The van der Waals surface area contributed by atoms with Gasteiger partial charge in [0, 0.05) is 5.56 Å². The van der Waals surface area contributed by atoms with Gasteiger partial charge < -0.3 is 10.4 Å². The Labute approximate surface area is 117 Å². The number of rotatable bonds is 2. The minimum atomic E-state index is -0.181. The molecule has 1 aliphatic heterocycles. The van der Waals surface area contributed by atoms with E-state index in [1.807, 2.05) is 25.1 Å². The van der Waals surface area contributed by atoms with Crippen LogP contribution >= 0.6 is 11.8 Å². The van der Waals surface area contributed by atoms with E-state index in [-0.39, 0.29) is 17.8 Å². The number of benzene rings is 1. The summed E-state index contributed by atoms with van der Waals surface area (Å²) >= 11 is 1.71. The van der Waals surface area contributed by atoms with Gasteiger partial charge in [0.05, 0.1) is 10.9 Å². The van der Waals surface area contributed by atoms with E-state index in [1.165, 1.54) is 0 Å². The second kappa shape index (κ2) is 6.65. The third kappa shape index (κ3) is 3.76. The Morgan fingerprint density at radius 3 is 3.11 bits per heavy atom. The summed E-state index contributed by atoms with van der Waals surface area (Å²) in [6.07, 6.45) is 2.05. The van der Waals surface area contributed by atoms with Crippen LogP contribution in [0.5, 0.6) is 0 Å². The maximum atomic E-state index is 12.1. The smallest absolute Gasteiger partial charge is 0.237 e. The predicted octanol–water partition coefficient (Wildman–Crippen LogP) is 2.17. The van der Waals surface area contributed by atoms with Gasteiger partial charge in [0.15, 0.2) is 0 Å². The zero-order valence-corrected chi connectivity index (χ0v) is 11.7. The van der Waals surface area contributed by atoms with E-state index in [1.54, 1.807) is 11.8 Å². The molecule has 0 saturated carbocycles. The first-order valence-electron chi connectivity index (χ1n) is 6.33. The second-order valence-corrected chi connectivity index (χ2v) is 5.81. The molecule has 3 nitrogen and oxygen atoms in total. The van der Waals surface area contributed by atoms with Crippen LogP contribution in [0.4, 0.5) is 5.69 Å². The summed E-state index contributed by atoms with van der Waals surface area (Å²) in [5.74, 6) is 6.60. The number of aryl methyl sites for hydroxylation is 1. The summed E-state index contributed by atoms with van der Waals surface area (Å²) in [5, 5.41) is 11.8. The van der Waals surface area contributed by atoms with E-state index in [0.29, 0.717) is 0 Å². The lowest BCUT2D eigenvalue weighted by atomic mass is 10.1. The Balaban J connectivity index is 2.17. The second-order valence-electron chi connectivity index (χ2n) is 4.50. The van der Waals surface area contributed by atoms with E-state index >= 15 is 0 Å². The molecule has 2 rings (SSSR count). The summed E-state index contributed by atoms with van der Waals surface area (Å²) in [6.45, 7) is 1.79. The zero-order valence-electron chi connectivity index (χ0n) is 10.9. The van der Waals surface area contributed by atoms with Gasteiger partial charge in [-0.1, -0.05) is 17.9 Å². The lowest BCUT2D eigenvalue weighted by molar-refractivity contribution is -0.115. The largest absolute Gasteiger partial charge is 0.384 e. The summed E-state index contributed by atoms with van der Waals surface area (Å²) < 4.78 is 0. The van der Waals surface area contributed by atoms with Gasteiger partial charge in [-0.25, -0.2) is 0 Å². The van der Waals surface area contributed by atoms with Crippen LogP contribution in [-0.2, 0) is 4.79 Å². The lowest BCUT2D eigenvalue weighted by Crippen LogP contribution is -2.23. The van der Waals surface area contributed by atoms with Crippen molar-refractivity contribution >= 4 is 23.4 Å². The van der Waals surface area contributed by atoms with Gasteiger partial charge in [-0.2, -0.15) is 0 Å². The normalized spacial score (nSPS) is 17.7. The minimum Gasteiger partial charge on any atom is -0.384 e. The molecule has 1 heterocycles. The summed E-state index contributed by atoms with van der Waals surface area (Å²) in [5.41, 5.74) is 2.55. The van der Waals surface area contributed by atoms with E-state index < -0.39 is 0 Å². The molecule has 1 fully saturated rings. The Morgan fingerprint density at radius 2 is 2.42 bits per heavy atom. The number of anilines is 1. The van der Waals surface area contributed by atoms with Crippen LogP contribution in [0.3, 0.4) is 0 Å². The van der Waals surface area contributed by atoms with Crippen molar-refractivity contribution in [1.29, 1.82) is 0 Å². The number of hydrogen-bond donors (Lipinski definition) is 2. The number of hydrogen-bond acceptors (Lipinski definition) is 3. The summed E-state index contributed by atoms with van der Waals surface area (Å²) in [6, 6.07) is 5.73. The van der Waals surface area contributed by atoms with E-state index in [4.69, 9.17) is 5.11 Å². The number of amides is 1. The molecule has 0 bridgehead atoms. The first kappa shape index (κ1) is 14.0. The van der Waals surface area contributed by atoms with Crippen molar-refractivity contribution in [1.82, 2.24) is 0 Å². The molecule has 0 radical (unpaired) electrons. The number of aliphatic hydroxyl groups is 1. The minimum absolute atomic E-state index is 0.0548. The van der Waals surface area contributed by atoms with E-state index in [0.717, 1.165) is 35.4 Å². The van der Waals surface area contributed by atoms with Crippen molar-refractivity contribution in [2.45, 2.75) is 25.0 Å². The molecule has 100 valence electrons. The average Bonchev–Trinajstić information content (AvgIpc) is 2.92. The third-order valence-electron chi connectivity index (χ3n) is 2.96. The molecule has 0 aromatic heterocycles. The highest BCUT2D eigenvalue weighted by Crippen LogP contribution is 2.28. The Morgan fingerprint density at radius 1 is 1.58 bits per heavy atom. The molecule has 4 heteroatoms. The molecule has 1 atom stereocenters. The van der Waals surface area contributed by atoms with Gasteiger partial charge >= 0.3 is 0 Å². The Hall–Kier alpha value is -1.44. The van der Waals surface area contributed by atoms with Crippen LogP contribution < -0.4 is 5.32 Å². The number of nitrogens with one attached hydrogen (secondary N) is 1. The zero-order chi connectivity index (χ0) is 13.7. The SMILES string of the molecule is Cc1ccc(C#CCO)c(NC(=O)C2CCCS2)c1. The molecule has 1 unspecified atom stereocenters. The molecular weight excluding hydrogens is 258 g/mol. The molecule has 0 aliphatic carbocycles. The Kier molecular flexibility index (Phi) is 4.89. The maximum Gasteiger partial charge on any atom is 0.237 e. The fourth-order valence-electron chi connectivity index (χ4n) is 2.00. The highest BCUT2D eigenvalue weighted by Gasteiger charge is 2.23. The fraction of sp³-hybridized carbons (Fsp3) is 0.400. The standard InChI is InChI=1S/C15H17NO2S/c1-11-6-7-12(4-2-8-17)13(10-11)16-15(18)14-5-3-9-19-14/h6-7,10,14,17H,3,5,8-9H2,1H3,(H,16,18). The lowest BCUT2D eigenvalue weighted by Gasteiger charge is -2.12. The average molecular weight is 275 g/mol. The first-order chi connectivity index (χ1) is 9.20. The van der Waals surface area contributed by atoms with Crippen molar-refractivity contribution in [3.05, 3.63) is 29.3 Å². The van der Waals surface area contributed by atoms with Crippen LogP contribution in [0.15, 0.2) is 18.2 Å². The van der Waals surface area contributed by atoms with E-state index in [2.05, 4.69) is 17.2 Å². The molecule has 0 spiro atoms. The number of aliphatic hydroxyl groups excluding tert-OH is 1.